The van der Waals surface area contributed by atoms with E-state index in [9.17, 15) is 9.18 Å². The zero-order valence-corrected chi connectivity index (χ0v) is 8.88. The summed E-state index contributed by atoms with van der Waals surface area (Å²) >= 11 is 0. The lowest BCUT2D eigenvalue weighted by molar-refractivity contribution is 0.423. The molecule has 16 heavy (non-hydrogen) atoms. The van der Waals surface area contributed by atoms with E-state index in [0.29, 0.717) is 12.2 Å². The van der Waals surface area contributed by atoms with Gasteiger partial charge in [-0.25, -0.2) is 13.9 Å². The van der Waals surface area contributed by atoms with Crippen LogP contribution in [0.4, 0.5) is 4.39 Å². The zero-order chi connectivity index (χ0) is 11.5. The highest BCUT2D eigenvalue weighted by Crippen LogP contribution is 1.97. The molecule has 0 amide bonds. The molecule has 2 rings (SSSR count). The van der Waals surface area contributed by atoms with Crippen molar-refractivity contribution in [2.75, 3.05) is 6.67 Å². The average molecular weight is 225 g/mol. The summed E-state index contributed by atoms with van der Waals surface area (Å²) < 4.78 is 16.6. The van der Waals surface area contributed by atoms with E-state index >= 15 is 0 Å². The predicted molar refractivity (Wildman–Crippen MR) is 54.8 cm³/mol. The Labute approximate surface area is 90.9 Å². The van der Waals surface area contributed by atoms with Crippen molar-refractivity contribution >= 4 is 0 Å². The minimum Gasteiger partial charge on any atom is -0.273 e. The molecule has 0 saturated carbocycles. The van der Waals surface area contributed by atoms with Gasteiger partial charge in [0.1, 0.15) is 13.0 Å². The molecule has 6 nitrogen and oxygen atoms in total. The smallest absolute Gasteiger partial charge is 0.273 e. The van der Waals surface area contributed by atoms with Gasteiger partial charge in [-0.1, -0.05) is 0 Å². The Morgan fingerprint density at radius 2 is 2.31 bits per heavy atom. The van der Waals surface area contributed by atoms with E-state index in [1.165, 1.54) is 15.7 Å². The number of aryl methyl sites for hydroxylation is 2. The molecule has 0 saturated heterocycles. The summed E-state index contributed by atoms with van der Waals surface area (Å²) in [5.41, 5.74) is 0.390. The largest absolute Gasteiger partial charge is 0.364 e. The van der Waals surface area contributed by atoms with Crippen LogP contribution in [-0.4, -0.2) is 30.8 Å². The van der Waals surface area contributed by atoms with Crippen LogP contribution in [0.2, 0.25) is 0 Å². The minimum absolute atomic E-state index is 0.236. The molecular weight excluding hydrogens is 213 g/mol. The number of rotatable bonds is 4. The molecule has 0 atom stereocenters. The van der Waals surface area contributed by atoms with E-state index < -0.39 is 6.67 Å². The first kappa shape index (κ1) is 10.6. The molecule has 2 aromatic heterocycles. The quantitative estimate of drug-likeness (QED) is 0.723. The maximum absolute atomic E-state index is 12.1. The van der Waals surface area contributed by atoms with Crippen molar-refractivity contribution in [3.63, 3.8) is 0 Å². The molecule has 0 radical (unpaired) electrons. The molecule has 0 aliphatic heterocycles. The first-order chi connectivity index (χ1) is 7.70. The third-order valence-electron chi connectivity index (χ3n) is 2.26. The molecule has 0 spiro atoms. The summed E-state index contributed by atoms with van der Waals surface area (Å²) in [5.74, 6) is 0. The summed E-state index contributed by atoms with van der Waals surface area (Å²) in [6.45, 7) is 0.127. The van der Waals surface area contributed by atoms with Crippen molar-refractivity contribution in [3.05, 3.63) is 34.8 Å². The molecular formula is C9H12FN5O. The van der Waals surface area contributed by atoms with Gasteiger partial charge in [-0.15, -0.1) is 0 Å². The SMILES string of the molecule is Cn1cnc(=O)n1Cc1ccn(CCF)n1. The van der Waals surface area contributed by atoms with Gasteiger partial charge >= 0.3 is 5.69 Å². The van der Waals surface area contributed by atoms with Gasteiger partial charge in [-0.3, -0.25) is 9.36 Å². The first-order valence-electron chi connectivity index (χ1n) is 4.87. The van der Waals surface area contributed by atoms with Crippen LogP contribution in [0, 0.1) is 0 Å². The fraction of sp³-hybridized carbons (Fsp3) is 0.444. The Hall–Kier alpha value is -1.92. The van der Waals surface area contributed by atoms with E-state index in [4.69, 9.17) is 0 Å². The third-order valence-corrected chi connectivity index (χ3v) is 2.26. The fourth-order valence-corrected chi connectivity index (χ4v) is 1.43. The summed E-state index contributed by atoms with van der Waals surface area (Å²) in [7, 11) is 1.73. The van der Waals surface area contributed by atoms with Gasteiger partial charge in [-0.2, -0.15) is 10.1 Å². The van der Waals surface area contributed by atoms with Gasteiger partial charge in [-0.05, 0) is 6.07 Å². The van der Waals surface area contributed by atoms with Crippen molar-refractivity contribution in [1.82, 2.24) is 24.1 Å². The van der Waals surface area contributed by atoms with Gasteiger partial charge < -0.3 is 0 Å². The van der Waals surface area contributed by atoms with Crippen LogP contribution in [0.25, 0.3) is 0 Å². The van der Waals surface area contributed by atoms with Gasteiger partial charge in [0.2, 0.25) is 0 Å². The Morgan fingerprint density at radius 3 is 2.94 bits per heavy atom. The third kappa shape index (κ3) is 2.02. The highest BCUT2D eigenvalue weighted by Gasteiger charge is 2.05. The standard InChI is InChI=1S/C9H12FN5O/c1-13-7-11-9(16)15(13)6-8-2-4-14(12-8)5-3-10/h2,4,7H,3,5-6H2,1H3. The summed E-state index contributed by atoms with van der Waals surface area (Å²) in [4.78, 5) is 14.9. The lowest BCUT2D eigenvalue weighted by Crippen LogP contribution is -2.23. The molecule has 2 aromatic rings. The number of aromatic nitrogens is 5. The van der Waals surface area contributed by atoms with E-state index in [0.717, 1.165) is 0 Å². The Morgan fingerprint density at radius 1 is 1.50 bits per heavy atom. The van der Waals surface area contributed by atoms with Crippen molar-refractivity contribution < 1.29 is 4.39 Å². The lowest BCUT2D eigenvalue weighted by atomic mass is 10.4. The zero-order valence-electron chi connectivity index (χ0n) is 8.88. The minimum atomic E-state index is -0.452. The second-order valence-corrected chi connectivity index (χ2v) is 3.42. The van der Waals surface area contributed by atoms with Crippen molar-refractivity contribution in [3.8, 4) is 0 Å². The number of alkyl halides is 1. The maximum atomic E-state index is 12.1. The van der Waals surface area contributed by atoms with Gasteiger partial charge in [0.25, 0.3) is 0 Å². The van der Waals surface area contributed by atoms with Crippen LogP contribution in [0.1, 0.15) is 5.69 Å². The highest BCUT2D eigenvalue weighted by molar-refractivity contribution is 4.99. The number of halogens is 1. The number of hydrogen-bond acceptors (Lipinski definition) is 3. The van der Waals surface area contributed by atoms with Crippen LogP contribution in [0.3, 0.4) is 0 Å². The monoisotopic (exact) mass is 225 g/mol. The van der Waals surface area contributed by atoms with Gasteiger partial charge in [0.05, 0.1) is 18.8 Å². The second-order valence-electron chi connectivity index (χ2n) is 3.42. The maximum Gasteiger partial charge on any atom is 0.364 e. The lowest BCUT2D eigenvalue weighted by Gasteiger charge is -2.02. The normalized spacial score (nSPS) is 10.9. The molecule has 0 aromatic carbocycles. The van der Waals surface area contributed by atoms with E-state index in [1.54, 1.807) is 24.0 Å². The molecule has 0 unspecified atom stereocenters. The highest BCUT2D eigenvalue weighted by atomic mass is 19.1. The Bertz CT molecular complexity index is 526. The van der Waals surface area contributed by atoms with Crippen LogP contribution < -0.4 is 5.69 Å². The average Bonchev–Trinajstić information content (AvgIpc) is 2.81. The summed E-state index contributed by atoms with van der Waals surface area (Å²) in [6.07, 6.45) is 3.14. The molecule has 0 N–H and O–H groups in total. The summed E-state index contributed by atoms with van der Waals surface area (Å²) in [5, 5.41) is 4.13. The topological polar surface area (TPSA) is 57.6 Å². The molecule has 86 valence electrons. The van der Waals surface area contributed by atoms with Crippen molar-refractivity contribution in [1.29, 1.82) is 0 Å². The fourth-order valence-electron chi connectivity index (χ4n) is 1.43. The van der Waals surface area contributed by atoms with E-state index in [-0.39, 0.29) is 12.2 Å². The molecule has 0 aliphatic rings. The summed E-state index contributed by atoms with van der Waals surface area (Å²) in [6, 6.07) is 1.76. The van der Waals surface area contributed by atoms with Gasteiger partial charge in [0.15, 0.2) is 0 Å². The van der Waals surface area contributed by atoms with E-state index in [1.807, 2.05) is 0 Å². The number of nitrogens with zero attached hydrogens (tertiary/aromatic N) is 5. The van der Waals surface area contributed by atoms with Crippen LogP contribution in [0.5, 0.6) is 0 Å². The second kappa shape index (κ2) is 4.30. The van der Waals surface area contributed by atoms with E-state index in [2.05, 4.69) is 10.1 Å². The van der Waals surface area contributed by atoms with Crippen LogP contribution in [-0.2, 0) is 20.1 Å². The molecule has 0 aliphatic carbocycles. The Balaban J connectivity index is 2.17. The van der Waals surface area contributed by atoms with Crippen LogP contribution >= 0.6 is 0 Å². The van der Waals surface area contributed by atoms with Gasteiger partial charge in [0, 0.05) is 13.2 Å². The molecule has 2 heterocycles. The molecule has 7 heteroatoms. The predicted octanol–water partition coefficient (Wildman–Crippen LogP) is -0.204. The first-order valence-corrected chi connectivity index (χ1v) is 4.87. The molecule has 0 bridgehead atoms. The molecule has 0 fully saturated rings. The Kier molecular flexibility index (Phi) is 2.84. The van der Waals surface area contributed by atoms with Crippen molar-refractivity contribution in [2.45, 2.75) is 13.1 Å². The van der Waals surface area contributed by atoms with Crippen LogP contribution in [0.15, 0.2) is 23.4 Å². The number of hydrogen-bond donors (Lipinski definition) is 0. The van der Waals surface area contributed by atoms with Crippen molar-refractivity contribution in [2.24, 2.45) is 7.05 Å².